The van der Waals surface area contributed by atoms with Crippen LogP contribution in [0.2, 0.25) is 0 Å². The molecule has 0 bridgehead atoms. The van der Waals surface area contributed by atoms with Gasteiger partial charge in [0.2, 0.25) is 5.88 Å². The smallest absolute Gasteiger partial charge is 0.267 e. The van der Waals surface area contributed by atoms with E-state index in [-0.39, 0.29) is 11.6 Å². The number of nitrogens with one attached hydrogen (secondary N) is 1. The molecule has 90 valence electrons. The predicted molar refractivity (Wildman–Crippen MR) is 62.8 cm³/mol. The van der Waals surface area contributed by atoms with Gasteiger partial charge in [0.1, 0.15) is 0 Å². The van der Waals surface area contributed by atoms with Crippen LogP contribution in [0.15, 0.2) is 16.9 Å². The lowest BCUT2D eigenvalue weighted by molar-refractivity contribution is 0.357. The van der Waals surface area contributed by atoms with Gasteiger partial charge in [-0.1, -0.05) is 13.8 Å². The van der Waals surface area contributed by atoms with Crippen molar-refractivity contribution in [2.24, 2.45) is 0 Å². The second-order valence-electron chi connectivity index (χ2n) is 3.56. The normalized spacial score (nSPS) is 12.4. The standard InChI is InChI=1S/C11H19N3O2/c1-4-9(12-5-2)8-14-11(15)7-6-10(13-14)16-3/h6-7,9,12H,4-5,8H2,1-3H3. The van der Waals surface area contributed by atoms with E-state index in [0.29, 0.717) is 12.4 Å². The molecule has 0 fully saturated rings. The average Bonchev–Trinajstić information content (AvgIpc) is 2.31. The molecule has 0 aliphatic heterocycles. The second kappa shape index (κ2) is 6.27. The molecule has 0 saturated carbocycles. The minimum atomic E-state index is -0.0999. The van der Waals surface area contributed by atoms with Gasteiger partial charge in [-0.3, -0.25) is 4.79 Å². The summed E-state index contributed by atoms with van der Waals surface area (Å²) in [7, 11) is 1.54. The largest absolute Gasteiger partial charge is 0.480 e. The van der Waals surface area contributed by atoms with Crippen molar-refractivity contribution >= 4 is 0 Å². The van der Waals surface area contributed by atoms with E-state index in [1.165, 1.54) is 10.7 Å². The van der Waals surface area contributed by atoms with Gasteiger partial charge in [0.25, 0.3) is 5.56 Å². The fraction of sp³-hybridized carbons (Fsp3) is 0.636. The van der Waals surface area contributed by atoms with Gasteiger partial charge >= 0.3 is 0 Å². The van der Waals surface area contributed by atoms with Crippen LogP contribution in [0.1, 0.15) is 20.3 Å². The number of rotatable bonds is 6. The zero-order valence-electron chi connectivity index (χ0n) is 10.1. The van der Waals surface area contributed by atoms with Crippen molar-refractivity contribution in [1.82, 2.24) is 15.1 Å². The van der Waals surface area contributed by atoms with Gasteiger partial charge in [0.15, 0.2) is 0 Å². The van der Waals surface area contributed by atoms with E-state index >= 15 is 0 Å². The molecule has 1 aromatic rings. The highest BCUT2D eigenvalue weighted by Crippen LogP contribution is 2.01. The first-order valence-electron chi connectivity index (χ1n) is 5.56. The van der Waals surface area contributed by atoms with Crippen molar-refractivity contribution in [2.45, 2.75) is 32.9 Å². The van der Waals surface area contributed by atoms with E-state index in [9.17, 15) is 4.79 Å². The lowest BCUT2D eigenvalue weighted by Gasteiger charge is -2.16. The summed E-state index contributed by atoms with van der Waals surface area (Å²) >= 11 is 0. The fourth-order valence-electron chi connectivity index (χ4n) is 1.51. The molecule has 0 aliphatic rings. The molecule has 0 aromatic carbocycles. The highest BCUT2D eigenvalue weighted by molar-refractivity contribution is 5.06. The van der Waals surface area contributed by atoms with E-state index in [4.69, 9.17) is 4.74 Å². The van der Waals surface area contributed by atoms with Crippen molar-refractivity contribution in [2.75, 3.05) is 13.7 Å². The van der Waals surface area contributed by atoms with Crippen molar-refractivity contribution in [3.8, 4) is 5.88 Å². The Morgan fingerprint density at radius 3 is 2.81 bits per heavy atom. The molecular formula is C11H19N3O2. The molecule has 1 aromatic heterocycles. The van der Waals surface area contributed by atoms with Gasteiger partial charge in [-0.25, -0.2) is 4.68 Å². The summed E-state index contributed by atoms with van der Waals surface area (Å²) in [6.07, 6.45) is 0.958. The Morgan fingerprint density at radius 2 is 2.25 bits per heavy atom. The molecule has 0 aliphatic carbocycles. The van der Waals surface area contributed by atoms with Gasteiger partial charge in [-0.05, 0) is 13.0 Å². The van der Waals surface area contributed by atoms with Gasteiger partial charge in [-0.15, -0.1) is 5.10 Å². The van der Waals surface area contributed by atoms with Crippen LogP contribution in [0.4, 0.5) is 0 Å². The summed E-state index contributed by atoms with van der Waals surface area (Å²) < 4.78 is 6.43. The van der Waals surface area contributed by atoms with Crippen molar-refractivity contribution in [3.63, 3.8) is 0 Å². The van der Waals surface area contributed by atoms with Crippen molar-refractivity contribution in [1.29, 1.82) is 0 Å². The monoisotopic (exact) mass is 225 g/mol. The number of ether oxygens (including phenoxy) is 1. The van der Waals surface area contributed by atoms with E-state index in [2.05, 4.69) is 17.3 Å². The van der Waals surface area contributed by atoms with Crippen LogP contribution < -0.4 is 15.6 Å². The highest BCUT2D eigenvalue weighted by atomic mass is 16.5. The molecule has 1 N–H and O–H groups in total. The summed E-state index contributed by atoms with van der Waals surface area (Å²) in [5.41, 5.74) is -0.0999. The molecule has 0 saturated heterocycles. The molecule has 16 heavy (non-hydrogen) atoms. The van der Waals surface area contributed by atoms with Crippen LogP contribution in [0.3, 0.4) is 0 Å². The van der Waals surface area contributed by atoms with Gasteiger partial charge < -0.3 is 10.1 Å². The van der Waals surface area contributed by atoms with Crippen LogP contribution >= 0.6 is 0 Å². The Balaban J connectivity index is 2.81. The summed E-state index contributed by atoms with van der Waals surface area (Å²) in [4.78, 5) is 11.6. The van der Waals surface area contributed by atoms with Gasteiger partial charge in [0, 0.05) is 18.2 Å². The Kier molecular flexibility index (Phi) is 4.98. The zero-order valence-corrected chi connectivity index (χ0v) is 10.1. The van der Waals surface area contributed by atoms with E-state index < -0.39 is 0 Å². The fourth-order valence-corrected chi connectivity index (χ4v) is 1.51. The van der Waals surface area contributed by atoms with E-state index in [0.717, 1.165) is 13.0 Å². The first-order valence-corrected chi connectivity index (χ1v) is 5.56. The first-order chi connectivity index (χ1) is 7.71. The topological polar surface area (TPSA) is 56.1 Å². The van der Waals surface area contributed by atoms with E-state index in [1.807, 2.05) is 6.92 Å². The average molecular weight is 225 g/mol. The third-order valence-corrected chi connectivity index (χ3v) is 2.43. The molecule has 5 heteroatoms. The summed E-state index contributed by atoms with van der Waals surface area (Å²) in [6.45, 7) is 5.58. The molecule has 0 amide bonds. The Labute approximate surface area is 95.4 Å². The van der Waals surface area contributed by atoms with Crippen LogP contribution in [-0.4, -0.2) is 29.5 Å². The summed E-state index contributed by atoms with van der Waals surface area (Å²) in [6, 6.07) is 3.32. The lowest BCUT2D eigenvalue weighted by atomic mass is 10.2. The number of likely N-dealkylation sites (N-methyl/N-ethyl adjacent to an activating group) is 1. The Hall–Kier alpha value is -1.36. The minimum absolute atomic E-state index is 0.0999. The molecular weight excluding hydrogens is 206 g/mol. The molecule has 1 heterocycles. The molecule has 0 spiro atoms. The molecule has 1 atom stereocenters. The number of methoxy groups -OCH3 is 1. The lowest BCUT2D eigenvalue weighted by Crippen LogP contribution is -2.36. The maximum Gasteiger partial charge on any atom is 0.267 e. The maximum absolute atomic E-state index is 11.6. The van der Waals surface area contributed by atoms with Crippen LogP contribution in [0.25, 0.3) is 0 Å². The van der Waals surface area contributed by atoms with Gasteiger partial charge in [-0.2, -0.15) is 0 Å². The Bertz CT molecular complexity index is 376. The second-order valence-corrected chi connectivity index (χ2v) is 3.56. The van der Waals surface area contributed by atoms with Crippen molar-refractivity contribution < 1.29 is 4.74 Å². The summed E-state index contributed by atoms with van der Waals surface area (Å²) in [5.74, 6) is 0.464. The molecule has 1 unspecified atom stereocenters. The maximum atomic E-state index is 11.6. The molecule has 1 rings (SSSR count). The first kappa shape index (κ1) is 12.7. The van der Waals surface area contributed by atoms with E-state index in [1.54, 1.807) is 13.2 Å². The SMILES string of the molecule is CCNC(CC)Cn1nc(OC)ccc1=O. The summed E-state index contributed by atoms with van der Waals surface area (Å²) in [5, 5.41) is 7.41. The highest BCUT2D eigenvalue weighted by Gasteiger charge is 2.08. The number of hydrogen-bond acceptors (Lipinski definition) is 4. The number of nitrogens with zero attached hydrogens (tertiary/aromatic N) is 2. The molecule has 0 radical (unpaired) electrons. The van der Waals surface area contributed by atoms with Gasteiger partial charge in [0.05, 0.1) is 13.7 Å². The molecule has 5 nitrogen and oxygen atoms in total. The van der Waals surface area contributed by atoms with Crippen LogP contribution in [0, 0.1) is 0 Å². The number of aromatic nitrogens is 2. The minimum Gasteiger partial charge on any atom is -0.480 e. The number of hydrogen-bond donors (Lipinski definition) is 1. The predicted octanol–water partition coefficient (Wildman–Crippen LogP) is 0.640. The quantitative estimate of drug-likeness (QED) is 0.772. The third kappa shape index (κ3) is 3.34. The Morgan fingerprint density at radius 1 is 1.50 bits per heavy atom. The van der Waals surface area contributed by atoms with Crippen LogP contribution in [-0.2, 0) is 6.54 Å². The zero-order chi connectivity index (χ0) is 12.0. The van der Waals surface area contributed by atoms with Crippen molar-refractivity contribution in [3.05, 3.63) is 22.5 Å². The van der Waals surface area contributed by atoms with Crippen LogP contribution in [0.5, 0.6) is 5.88 Å². The third-order valence-electron chi connectivity index (χ3n) is 2.43.